The third kappa shape index (κ3) is 4.54. The van der Waals surface area contributed by atoms with E-state index in [4.69, 9.17) is 0 Å². The molecule has 1 unspecified atom stereocenters. The predicted molar refractivity (Wildman–Crippen MR) is 113 cm³/mol. The molecule has 2 amide bonds. The van der Waals surface area contributed by atoms with Crippen LogP contribution in [0.5, 0.6) is 0 Å². The third-order valence-corrected chi connectivity index (χ3v) is 6.27. The van der Waals surface area contributed by atoms with Crippen LogP contribution in [0, 0.1) is 12.7 Å². The van der Waals surface area contributed by atoms with Crippen molar-refractivity contribution in [2.75, 3.05) is 32.7 Å². The summed E-state index contributed by atoms with van der Waals surface area (Å²) < 4.78 is 13.2. The van der Waals surface area contributed by atoms with E-state index < -0.39 is 0 Å². The SMILES string of the molecule is Cc1ccccc1CC(=O)N1CCC2C(=O)N(Cc3ccc(F)cc3)CCN2CC1. The van der Waals surface area contributed by atoms with Gasteiger partial charge in [0.2, 0.25) is 11.8 Å². The molecule has 2 heterocycles. The standard InChI is InChI=1S/C24H28FN3O2/c1-18-4-2-3-5-20(18)16-23(29)27-11-10-22-24(30)28(15-13-26(22)12-14-27)17-19-6-8-21(25)9-7-19/h2-9,22H,10-17H2,1H3. The number of nitrogens with zero attached hydrogens (tertiary/aromatic N) is 3. The number of aryl methyl sites for hydroxylation is 1. The molecule has 0 saturated carbocycles. The van der Waals surface area contributed by atoms with E-state index in [1.54, 1.807) is 12.1 Å². The molecule has 0 radical (unpaired) electrons. The molecule has 30 heavy (non-hydrogen) atoms. The Kier molecular flexibility index (Phi) is 6.13. The van der Waals surface area contributed by atoms with Crippen LogP contribution >= 0.6 is 0 Å². The fraction of sp³-hybridized carbons (Fsp3) is 0.417. The topological polar surface area (TPSA) is 43.9 Å². The average Bonchev–Trinajstić information content (AvgIpc) is 2.97. The molecule has 2 aromatic carbocycles. The van der Waals surface area contributed by atoms with E-state index in [1.165, 1.54) is 12.1 Å². The molecule has 1 atom stereocenters. The Labute approximate surface area is 177 Å². The molecule has 6 heteroatoms. The van der Waals surface area contributed by atoms with Crippen LogP contribution in [0.2, 0.25) is 0 Å². The molecule has 0 N–H and O–H groups in total. The van der Waals surface area contributed by atoms with Crippen molar-refractivity contribution in [1.82, 2.24) is 14.7 Å². The second-order valence-electron chi connectivity index (χ2n) is 8.21. The van der Waals surface area contributed by atoms with Crippen LogP contribution in [0.1, 0.15) is 23.1 Å². The van der Waals surface area contributed by atoms with Crippen LogP contribution in [0.15, 0.2) is 48.5 Å². The predicted octanol–water partition coefficient (Wildman–Crippen LogP) is 2.62. The number of rotatable bonds is 4. The van der Waals surface area contributed by atoms with Crippen molar-refractivity contribution in [3.63, 3.8) is 0 Å². The Bertz CT molecular complexity index is 915. The molecule has 2 fully saturated rings. The van der Waals surface area contributed by atoms with Crippen molar-refractivity contribution in [2.45, 2.75) is 32.4 Å². The van der Waals surface area contributed by atoms with E-state index in [1.807, 2.05) is 41.0 Å². The average molecular weight is 410 g/mol. The molecule has 0 aliphatic carbocycles. The lowest BCUT2D eigenvalue weighted by Crippen LogP contribution is -2.56. The van der Waals surface area contributed by atoms with Crippen LogP contribution in [-0.4, -0.2) is 65.3 Å². The van der Waals surface area contributed by atoms with Crippen LogP contribution in [-0.2, 0) is 22.6 Å². The van der Waals surface area contributed by atoms with Gasteiger partial charge in [-0.3, -0.25) is 14.5 Å². The molecular weight excluding hydrogens is 381 g/mol. The number of hydrogen-bond donors (Lipinski definition) is 0. The Hall–Kier alpha value is -2.73. The molecule has 2 aromatic rings. The van der Waals surface area contributed by atoms with Gasteiger partial charge in [0, 0.05) is 39.3 Å². The lowest BCUT2D eigenvalue weighted by molar-refractivity contribution is -0.142. The minimum atomic E-state index is -0.269. The minimum absolute atomic E-state index is 0.110. The van der Waals surface area contributed by atoms with Gasteiger partial charge in [0.1, 0.15) is 5.82 Å². The fourth-order valence-electron chi connectivity index (χ4n) is 4.39. The van der Waals surface area contributed by atoms with E-state index in [2.05, 4.69) is 4.90 Å². The smallest absolute Gasteiger partial charge is 0.240 e. The highest BCUT2D eigenvalue weighted by Crippen LogP contribution is 2.21. The summed E-state index contributed by atoms with van der Waals surface area (Å²) >= 11 is 0. The first-order valence-electron chi connectivity index (χ1n) is 10.6. The Morgan fingerprint density at radius 3 is 2.50 bits per heavy atom. The number of carbonyl (C=O) groups excluding carboxylic acids is 2. The van der Waals surface area contributed by atoms with Crippen LogP contribution < -0.4 is 0 Å². The van der Waals surface area contributed by atoms with Gasteiger partial charge in [-0.25, -0.2) is 4.39 Å². The summed E-state index contributed by atoms with van der Waals surface area (Å²) in [6.07, 6.45) is 1.06. The van der Waals surface area contributed by atoms with Gasteiger partial charge < -0.3 is 9.80 Å². The van der Waals surface area contributed by atoms with Gasteiger partial charge in [-0.2, -0.15) is 0 Å². The first kappa shape index (κ1) is 20.5. The van der Waals surface area contributed by atoms with E-state index in [0.29, 0.717) is 39.0 Å². The maximum Gasteiger partial charge on any atom is 0.240 e. The number of piperazine rings is 1. The summed E-state index contributed by atoms with van der Waals surface area (Å²) in [6, 6.07) is 14.1. The summed E-state index contributed by atoms with van der Waals surface area (Å²) in [5, 5.41) is 0. The van der Waals surface area contributed by atoms with E-state index in [0.717, 1.165) is 29.8 Å². The van der Waals surface area contributed by atoms with Crippen molar-refractivity contribution < 1.29 is 14.0 Å². The van der Waals surface area contributed by atoms with E-state index >= 15 is 0 Å². The minimum Gasteiger partial charge on any atom is -0.341 e. The summed E-state index contributed by atoms with van der Waals surface area (Å²) in [5.41, 5.74) is 3.12. The number of halogens is 1. The number of fused-ring (bicyclic) bond motifs is 1. The zero-order valence-electron chi connectivity index (χ0n) is 17.4. The molecule has 0 bridgehead atoms. The van der Waals surface area contributed by atoms with Gasteiger partial charge in [-0.05, 0) is 42.2 Å². The highest BCUT2D eigenvalue weighted by molar-refractivity contribution is 5.83. The lowest BCUT2D eigenvalue weighted by Gasteiger charge is -2.39. The summed E-state index contributed by atoms with van der Waals surface area (Å²) in [6.45, 7) is 5.97. The molecule has 0 spiro atoms. The van der Waals surface area contributed by atoms with E-state index in [9.17, 15) is 14.0 Å². The van der Waals surface area contributed by atoms with Crippen LogP contribution in [0.25, 0.3) is 0 Å². The Morgan fingerprint density at radius 2 is 1.73 bits per heavy atom. The quantitative estimate of drug-likeness (QED) is 0.780. The third-order valence-electron chi connectivity index (χ3n) is 6.27. The molecule has 0 aromatic heterocycles. The maximum absolute atomic E-state index is 13.2. The molecule has 2 saturated heterocycles. The van der Waals surface area contributed by atoms with Crippen molar-refractivity contribution >= 4 is 11.8 Å². The first-order chi connectivity index (χ1) is 14.5. The molecule has 158 valence electrons. The van der Waals surface area contributed by atoms with Gasteiger partial charge in [-0.15, -0.1) is 0 Å². The Morgan fingerprint density at radius 1 is 1.00 bits per heavy atom. The maximum atomic E-state index is 13.2. The zero-order valence-corrected chi connectivity index (χ0v) is 17.4. The molecule has 5 nitrogen and oxygen atoms in total. The largest absolute Gasteiger partial charge is 0.341 e. The Balaban J connectivity index is 1.38. The van der Waals surface area contributed by atoms with E-state index in [-0.39, 0.29) is 23.7 Å². The zero-order chi connectivity index (χ0) is 21.1. The van der Waals surface area contributed by atoms with Crippen molar-refractivity contribution in [2.24, 2.45) is 0 Å². The molecule has 4 rings (SSSR count). The molecule has 2 aliphatic heterocycles. The monoisotopic (exact) mass is 409 g/mol. The summed E-state index contributed by atoms with van der Waals surface area (Å²) in [4.78, 5) is 32.0. The van der Waals surface area contributed by atoms with Crippen LogP contribution in [0.3, 0.4) is 0 Å². The van der Waals surface area contributed by atoms with Gasteiger partial charge in [0.15, 0.2) is 0 Å². The molecule has 2 aliphatic rings. The van der Waals surface area contributed by atoms with Crippen molar-refractivity contribution in [3.05, 3.63) is 71.0 Å². The van der Waals surface area contributed by atoms with Gasteiger partial charge in [-0.1, -0.05) is 36.4 Å². The fourth-order valence-corrected chi connectivity index (χ4v) is 4.39. The van der Waals surface area contributed by atoms with Crippen molar-refractivity contribution in [1.29, 1.82) is 0 Å². The normalized spacial score (nSPS) is 20.1. The number of hydrogen-bond acceptors (Lipinski definition) is 3. The first-order valence-corrected chi connectivity index (χ1v) is 10.6. The highest BCUT2D eigenvalue weighted by Gasteiger charge is 2.37. The highest BCUT2D eigenvalue weighted by atomic mass is 19.1. The van der Waals surface area contributed by atoms with Gasteiger partial charge >= 0.3 is 0 Å². The van der Waals surface area contributed by atoms with Gasteiger partial charge in [0.25, 0.3) is 0 Å². The van der Waals surface area contributed by atoms with Gasteiger partial charge in [0.05, 0.1) is 12.5 Å². The second kappa shape index (κ2) is 8.96. The number of carbonyl (C=O) groups is 2. The number of benzene rings is 2. The summed E-state index contributed by atoms with van der Waals surface area (Å²) in [7, 11) is 0. The number of amides is 2. The molecular formula is C24H28FN3O2. The van der Waals surface area contributed by atoms with Crippen LogP contribution in [0.4, 0.5) is 4.39 Å². The lowest BCUT2D eigenvalue weighted by atomic mass is 10.0. The van der Waals surface area contributed by atoms with Crippen molar-refractivity contribution in [3.8, 4) is 0 Å². The summed E-state index contributed by atoms with van der Waals surface area (Å²) in [5.74, 6) is -0.0346. The second-order valence-corrected chi connectivity index (χ2v) is 8.21.